The van der Waals surface area contributed by atoms with Gasteiger partial charge in [0.1, 0.15) is 23.7 Å². The van der Waals surface area contributed by atoms with E-state index in [-0.39, 0.29) is 41.8 Å². The Bertz CT molecular complexity index is 2720. The molecule has 4 amide bonds. The van der Waals surface area contributed by atoms with Crippen LogP contribution in [-0.2, 0) is 19.1 Å². The largest absolute Gasteiger partial charge is 0.453 e. The number of nitrogens with one attached hydrogen (secondary N) is 4. The molecule has 332 valence electrons. The van der Waals surface area contributed by atoms with E-state index in [0.717, 1.165) is 99.1 Å². The van der Waals surface area contributed by atoms with E-state index in [0.29, 0.717) is 12.5 Å². The van der Waals surface area contributed by atoms with Crippen LogP contribution in [-0.4, -0.2) is 92.6 Å². The van der Waals surface area contributed by atoms with Gasteiger partial charge >= 0.3 is 12.2 Å². The second kappa shape index (κ2) is 17.5. The highest BCUT2D eigenvalue weighted by Gasteiger charge is 2.51. The lowest BCUT2D eigenvalue weighted by Crippen LogP contribution is -2.54. The van der Waals surface area contributed by atoms with Gasteiger partial charge in [0.15, 0.2) is 0 Å². The van der Waals surface area contributed by atoms with Gasteiger partial charge in [-0.1, -0.05) is 82.3 Å². The number of nitrogens with zero attached hydrogens (tertiary/aromatic N) is 4. The summed E-state index contributed by atoms with van der Waals surface area (Å²) in [6, 6.07) is 26.1. The van der Waals surface area contributed by atoms with Crippen LogP contribution >= 0.6 is 0 Å². The van der Waals surface area contributed by atoms with Gasteiger partial charge in [0.25, 0.3) is 0 Å². The fraction of sp³-hybridized carbons (Fsp3) is 0.400. The molecule has 1 unspecified atom stereocenters. The second-order valence-corrected chi connectivity index (χ2v) is 18.2. The number of imidazole rings is 2. The number of piperidine rings is 1. The molecule has 3 fully saturated rings. The number of rotatable bonds is 11. The van der Waals surface area contributed by atoms with Crippen LogP contribution < -0.4 is 10.6 Å². The molecule has 14 heteroatoms. The Kier molecular flexibility index (Phi) is 11.6. The van der Waals surface area contributed by atoms with Crippen molar-refractivity contribution < 1.29 is 28.7 Å². The topological polar surface area (TPSA) is 175 Å². The summed E-state index contributed by atoms with van der Waals surface area (Å²) in [5.74, 6) is 1.41. The fourth-order valence-corrected chi connectivity index (χ4v) is 10.2. The molecule has 6 atom stereocenters. The molecule has 4 N–H and O–H groups in total. The van der Waals surface area contributed by atoms with Crippen molar-refractivity contribution in [3.63, 3.8) is 0 Å². The monoisotopic (exact) mass is 864 g/mol. The van der Waals surface area contributed by atoms with E-state index in [1.165, 1.54) is 14.2 Å². The van der Waals surface area contributed by atoms with Crippen molar-refractivity contribution in [2.75, 3.05) is 20.8 Å². The van der Waals surface area contributed by atoms with Gasteiger partial charge in [-0.05, 0) is 107 Å². The molecule has 4 aromatic carbocycles. The minimum atomic E-state index is -0.688. The van der Waals surface area contributed by atoms with Gasteiger partial charge in [-0.15, -0.1) is 0 Å². The number of hydrogen-bond acceptors (Lipinski definition) is 8. The number of aromatic amines is 2. The van der Waals surface area contributed by atoms with Crippen LogP contribution in [0.3, 0.4) is 0 Å². The van der Waals surface area contributed by atoms with E-state index in [9.17, 15) is 19.2 Å². The Labute approximate surface area is 372 Å². The van der Waals surface area contributed by atoms with Gasteiger partial charge in [-0.25, -0.2) is 19.6 Å². The van der Waals surface area contributed by atoms with E-state index in [4.69, 9.17) is 19.4 Å². The van der Waals surface area contributed by atoms with Crippen molar-refractivity contribution in [2.24, 2.45) is 17.8 Å². The molecule has 2 bridgehead atoms. The summed E-state index contributed by atoms with van der Waals surface area (Å²) in [5.41, 5.74) is 8.01. The summed E-state index contributed by atoms with van der Waals surface area (Å²) in [7, 11) is 2.61. The van der Waals surface area contributed by atoms with Crippen LogP contribution in [0.1, 0.15) is 83.5 Å². The zero-order valence-corrected chi connectivity index (χ0v) is 37.2. The average Bonchev–Trinajstić information content (AvgIpc) is 4.17. The van der Waals surface area contributed by atoms with Gasteiger partial charge in [-0.3, -0.25) is 9.59 Å². The first-order valence-corrected chi connectivity index (χ1v) is 22.4. The molecule has 1 saturated carbocycles. The molecule has 3 aliphatic rings. The van der Waals surface area contributed by atoms with Crippen molar-refractivity contribution in [3.8, 4) is 33.5 Å². The molecule has 9 rings (SSSR count). The molecule has 4 heterocycles. The maximum atomic E-state index is 14.0. The van der Waals surface area contributed by atoms with Crippen LogP contribution in [0, 0.1) is 17.8 Å². The zero-order valence-electron chi connectivity index (χ0n) is 37.2. The standard InChI is InChI=1S/C50H56N8O6/c1-27(2)42(55-49(61)63-5)47(59)57-21-7-8-41(57)45-51-26-40(54-45)35-16-15-32-22-31(13-14-33(32)23-35)29-9-11-30(12-10-29)34-18-20-38-39(25-34)53-46(52-38)44-36-17-19-37(24-36)58(44)48(60)43(28(3)4)56-50(62)64-6/h9-16,18,20,22-23,25-28,36-37,41-44H,7-8,17,19,21,24H2,1-6H3,(H,51,54)(H,52,53)(H,55,61)(H,56,62)/t36-,37+,41-,42-,43?,44-/m0/s1. The Morgan fingerprint density at radius 1 is 0.688 bits per heavy atom. The van der Waals surface area contributed by atoms with E-state index in [2.05, 4.69) is 93.4 Å². The third-order valence-electron chi connectivity index (χ3n) is 13.6. The Morgan fingerprint density at radius 2 is 1.28 bits per heavy atom. The highest BCUT2D eigenvalue weighted by atomic mass is 16.5. The molecule has 2 aliphatic heterocycles. The van der Waals surface area contributed by atoms with Crippen molar-refractivity contribution >= 4 is 45.8 Å². The number of amides is 4. The minimum absolute atomic E-state index is 0.0877. The van der Waals surface area contributed by atoms with Crippen LogP contribution in [0.25, 0.3) is 55.3 Å². The molecular formula is C50H56N8O6. The van der Waals surface area contributed by atoms with Crippen molar-refractivity contribution in [3.05, 3.63) is 96.7 Å². The third kappa shape index (κ3) is 8.05. The Hall–Kier alpha value is -6.70. The maximum Gasteiger partial charge on any atom is 0.407 e. The Balaban J connectivity index is 0.892. The van der Waals surface area contributed by atoms with Crippen LogP contribution in [0.2, 0.25) is 0 Å². The van der Waals surface area contributed by atoms with E-state index >= 15 is 0 Å². The van der Waals surface area contributed by atoms with Crippen LogP contribution in [0.5, 0.6) is 0 Å². The fourth-order valence-electron chi connectivity index (χ4n) is 10.2. The maximum absolute atomic E-state index is 14.0. The normalized spacial score (nSPS) is 20.3. The lowest BCUT2D eigenvalue weighted by atomic mass is 9.95. The first-order valence-electron chi connectivity index (χ1n) is 22.4. The molecular weight excluding hydrogens is 809 g/mol. The van der Waals surface area contributed by atoms with Gasteiger partial charge in [0.05, 0.1) is 49.2 Å². The quantitative estimate of drug-likeness (QED) is 0.0999. The molecule has 0 spiro atoms. The average molecular weight is 865 g/mol. The zero-order chi connectivity index (χ0) is 44.8. The molecule has 1 aliphatic carbocycles. The molecule has 2 saturated heterocycles. The van der Waals surface area contributed by atoms with Crippen LogP contribution in [0.15, 0.2) is 85.1 Å². The van der Waals surface area contributed by atoms with Crippen LogP contribution in [0.4, 0.5) is 9.59 Å². The number of benzene rings is 4. The number of alkyl carbamates (subject to hydrolysis) is 2. The first-order chi connectivity index (χ1) is 30.9. The molecule has 6 aromatic rings. The first kappa shape index (κ1) is 42.6. The number of H-pyrrole nitrogens is 2. The highest BCUT2D eigenvalue weighted by Crippen LogP contribution is 2.50. The summed E-state index contributed by atoms with van der Waals surface area (Å²) in [5, 5.41) is 7.70. The number of ether oxygens (including phenoxy) is 2. The lowest BCUT2D eigenvalue weighted by molar-refractivity contribution is -0.139. The van der Waals surface area contributed by atoms with E-state index in [1.807, 2.05) is 49.8 Å². The summed E-state index contributed by atoms with van der Waals surface area (Å²) in [6.45, 7) is 8.28. The summed E-state index contributed by atoms with van der Waals surface area (Å²) >= 11 is 0. The van der Waals surface area contributed by atoms with Gasteiger partial charge < -0.3 is 39.9 Å². The molecule has 64 heavy (non-hydrogen) atoms. The smallest absolute Gasteiger partial charge is 0.407 e. The highest BCUT2D eigenvalue weighted by molar-refractivity contribution is 5.91. The number of methoxy groups -OCH3 is 2. The molecule has 14 nitrogen and oxygen atoms in total. The van der Waals surface area contributed by atoms with Crippen molar-refractivity contribution in [2.45, 2.75) is 90.0 Å². The van der Waals surface area contributed by atoms with Gasteiger partial charge in [-0.2, -0.15) is 0 Å². The number of hydrogen-bond donors (Lipinski definition) is 4. The van der Waals surface area contributed by atoms with Crippen molar-refractivity contribution in [1.29, 1.82) is 0 Å². The number of carbonyl (C=O) groups excluding carboxylic acids is 4. The number of fused-ring (bicyclic) bond motifs is 4. The minimum Gasteiger partial charge on any atom is -0.453 e. The molecule has 2 aromatic heterocycles. The summed E-state index contributed by atoms with van der Waals surface area (Å²) in [4.78, 5) is 72.5. The van der Waals surface area contributed by atoms with Gasteiger partial charge in [0, 0.05) is 18.2 Å². The van der Waals surface area contributed by atoms with E-state index in [1.54, 1.807) is 0 Å². The predicted molar refractivity (Wildman–Crippen MR) is 245 cm³/mol. The number of aromatic nitrogens is 4. The van der Waals surface area contributed by atoms with Crippen molar-refractivity contribution in [1.82, 2.24) is 40.4 Å². The lowest BCUT2D eigenvalue weighted by Gasteiger charge is -2.37. The summed E-state index contributed by atoms with van der Waals surface area (Å²) < 4.78 is 9.62. The number of likely N-dealkylation sites (tertiary alicyclic amines) is 2. The second-order valence-electron chi connectivity index (χ2n) is 18.2. The van der Waals surface area contributed by atoms with Gasteiger partial charge in [0.2, 0.25) is 11.8 Å². The summed E-state index contributed by atoms with van der Waals surface area (Å²) in [6.07, 6.45) is 5.17. The predicted octanol–water partition coefficient (Wildman–Crippen LogP) is 8.92. The Morgan fingerprint density at radius 3 is 1.94 bits per heavy atom. The third-order valence-corrected chi connectivity index (χ3v) is 13.6. The van der Waals surface area contributed by atoms with E-state index < -0.39 is 24.3 Å². The molecule has 0 radical (unpaired) electrons. The SMILES string of the molecule is COC(=O)NC(C(=O)N1[C@@H]2CC[C@@H](C2)[C@H]1c1nc2ccc(-c3ccc(-c4ccc5cc(-c6cnc([C@@H]7CCCN7C(=O)[C@@H](NC(=O)OC)C(C)C)[nH]6)ccc5c4)cc3)cc2[nH]1)C(C)C. The number of carbonyl (C=O) groups is 4.